The Kier molecular flexibility index (Phi) is 7.80. The quantitative estimate of drug-likeness (QED) is 0.448. The zero-order chi connectivity index (χ0) is 23.1. The molecule has 0 radical (unpaired) electrons. The average Bonchev–Trinajstić information content (AvgIpc) is 2.78. The van der Waals surface area contributed by atoms with Crippen molar-refractivity contribution in [3.8, 4) is 0 Å². The number of hydrogen-bond donors (Lipinski definition) is 2. The predicted molar refractivity (Wildman–Crippen MR) is 125 cm³/mol. The summed E-state index contributed by atoms with van der Waals surface area (Å²) in [5, 5.41) is 9.52. The Balaban J connectivity index is 1.83. The minimum absolute atomic E-state index is 0.145. The van der Waals surface area contributed by atoms with E-state index in [1.54, 1.807) is 18.5 Å². The number of sulfonamides is 1. The van der Waals surface area contributed by atoms with Gasteiger partial charge in [-0.15, -0.1) is 0 Å². The molecule has 2 aromatic carbocycles. The molecule has 1 unspecified atom stereocenters. The standard InChI is InChI=1S/C24H23ClN2O4S/c1-17(24(28)29)13-18-4-6-20(7-5-18)21(14-19-3-2-12-26-15-19)16-27-32(30,31)23-10-8-22(25)9-11-23/h2-13,15,21,27H,14,16H2,1H3,(H,28,29). The van der Waals surface area contributed by atoms with Crippen LogP contribution in [0.4, 0.5) is 0 Å². The Morgan fingerprint density at radius 2 is 1.81 bits per heavy atom. The Labute approximate surface area is 192 Å². The summed E-state index contributed by atoms with van der Waals surface area (Å²) < 4.78 is 28.2. The molecule has 2 N–H and O–H groups in total. The summed E-state index contributed by atoms with van der Waals surface area (Å²) in [4.78, 5) is 15.3. The molecule has 6 nitrogen and oxygen atoms in total. The van der Waals surface area contributed by atoms with Crippen LogP contribution in [0.15, 0.2) is 83.5 Å². The first kappa shape index (κ1) is 23.7. The fourth-order valence-electron chi connectivity index (χ4n) is 3.19. The van der Waals surface area contributed by atoms with E-state index in [1.807, 2.05) is 36.4 Å². The topological polar surface area (TPSA) is 96.4 Å². The van der Waals surface area contributed by atoms with Gasteiger partial charge in [0, 0.05) is 35.5 Å². The third-order valence-corrected chi connectivity index (χ3v) is 6.67. The van der Waals surface area contributed by atoms with Gasteiger partial charge in [-0.2, -0.15) is 0 Å². The number of aliphatic carboxylic acids is 1. The van der Waals surface area contributed by atoms with E-state index in [0.29, 0.717) is 11.4 Å². The normalized spacial score (nSPS) is 13.0. The number of carbonyl (C=O) groups is 1. The van der Waals surface area contributed by atoms with Gasteiger partial charge in [-0.25, -0.2) is 17.9 Å². The maximum Gasteiger partial charge on any atom is 0.331 e. The highest BCUT2D eigenvalue weighted by molar-refractivity contribution is 7.89. The number of nitrogens with zero attached hydrogens (tertiary/aromatic N) is 1. The van der Waals surface area contributed by atoms with Gasteiger partial charge in [0.05, 0.1) is 4.90 Å². The molecule has 0 saturated carbocycles. The lowest BCUT2D eigenvalue weighted by Gasteiger charge is -2.19. The second-order valence-corrected chi connectivity index (χ2v) is 9.57. The van der Waals surface area contributed by atoms with Crippen LogP contribution in [-0.4, -0.2) is 31.0 Å². The number of nitrogens with one attached hydrogen (secondary N) is 1. The van der Waals surface area contributed by atoms with Crippen molar-refractivity contribution in [1.29, 1.82) is 0 Å². The van der Waals surface area contributed by atoms with Crippen LogP contribution < -0.4 is 4.72 Å². The molecule has 0 aliphatic heterocycles. The van der Waals surface area contributed by atoms with E-state index < -0.39 is 16.0 Å². The van der Waals surface area contributed by atoms with Crippen molar-refractivity contribution < 1.29 is 18.3 Å². The number of halogens is 1. The van der Waals surface area contributed by atoms with Crippen LogP contribution in [0.25, 0.3) is 6.08 Å². The first-order valence-electron chi connectivity index (χ1n) is 9.90. The molecule has 32 heavy (non-hydrogen) atoms. The maximum atomic E-state index is 12.7. The highest BCUT2D eigenvalue weighted by atomic mass is 35.5. The van der Waals surface area contributed by atoms with E-state index in [0.717, 1.165) is 16.7 Å². The molecular formula is C24H23ClN2O4S. The highest BCUT2D eigenvalue weighted by Crippen LogP contribution is 2.23. The summed E-state index contributed by atoms with van der Waals surface area (Å²) in [6.45, 7) is 1.72. The number of pyridine rings is 1. The van der Waals surface area contributed by atoms with Crippen LogP contribution in [0.5, 0.6) is 0 Å². The summed E-state index contributed by atoms with van der Waals surface area (Å²) in [5.41, 5.74) is 2.91. The van der Waals surface area contributed by atoms with Crippen LogP contribution in [-0.2, 0) is 21.2 Å². The highest BCUT2D eigenvalue weighted by Gasteiger charge is 2.19. The van der Waals surface area contributed by atoms with E-state index >= 15 is 0 Å². The molecule has 3 rings (SSSR count). The number of hydrogen-bond acceptors (Lipinski definition) is 4. The second kappa shape index (κ2) is 10.5. The number of rotatable bonds is 9. The molecule has 0 fully saturated rings. The van der Waals surface area contributed by atoms with Gasteiger partial charge < -0.3 is 5.11 Å². The second-order valence-electron chi connectivity index (χ2n) is 7.37. The fourth-order valence-corrected chi connectivity index (χ4v) is 4.40. The predicted octanol–water partition coefficient (Wildman–Crippen LogP) is 4.53. The molecular weight excluding hydrogens is 448 g/mol. The van der Waals surface area contributed by atoms with Crippen molar-refractivity contribution in [2.75, 3.05) is 6.54 Å². The van der Waals surface area contributed by atoms with Gasteiger partial charge >= 0.3 is 5.97 Å². The number of benzene rings is 2. The molecule has 0 bridgehead atoms. The van der Waals surface area contributed by atoms with Crippen LogP contribution in [0.3, 0.4) is 0 Å². The molecule has 166 valence electrons. The van der Waals surface area contributed by atoms with Gasteiger partial charge in [-0.1, -0.05) is 41.9 Å². The summed E-state index contributed by atoms with van der Waals surface area (Å²) in [6.07, 6.45) is 5.62. The molecule has 8 heteroatoms. The van der Waals surface area contributed by atoms with Gasteiger partial charge in [-0.3, -0.25) is 4.98 Å². The Hall–Kier alpha value is -3.00. The molecule has 1 heterocycles. The first-order valence-corrected chi connectivity index (χ1v) is 11.8. The Morgan fingerprint density at radius 3 is 2.41 bits per heavy atom. The van der Waals surface area contributed by atoms with Crippen LogP contribution in [0.2, 0.25) is 5.02 Å². The zero-order valence-corrected chi connectivity index (χ0v) is 19.0. The Bertz CT molecular complexity index is 1190. The number of carboxylic acids is 1. The van der Waals surface area contributed by atoms with Gasteiger partial charge in [0.2, 0.25) is 10.0 Å². The lowest BCUT2D eigenvalue weighted by molar-refractivity contribution is -0.132. The third-order valence-electron chi connectivity index (χ3n) is 4.98. The van der Waals surface area contributed by atoms with Gasteiger partial charge in [0.15, 0.2) is 0 Å². The van der Waals surface area contributed by atoms with Crippen LogP contribution in [0, 0.1) is 0 Å². The van der Waals surface area contributed by atoms with Crippen molar-refractivity contribution in [2.24, 2.45) is 0 Å². The van der Waals surface area contributed by atoms with E-state index in [2.05, 4.69) is 9.71 Å². The molecule has 1 aromatic heterocycles. The van der Waals surface area contributed by atoms with E-state index in [4.69, 9.17) is 16.7 Å². The summed E-state index contributed by atoms with van der Waals surface area (Å²) in [6, 6.07) is 17.2. The summed E-state index contributed by atoms with van der Waals surface area (Å²) in [5.74, 6) is -1.12. The molecule has 0 spiro atoms. The third kappa shape index (κ3) is 6.50. The smallest absolute Gasteiger partial charge is 0.331 e. The van der Waals surface area contributed by atoms with Gasteiger partial charge in [0.25, 0.3) is 0 Å². The Morgan fingerprint density at radius 1 is 1.12 bits per heavy atom. The monoisotopic (exact) mass is 470 g/mol. The SMILES string of the molecule is CC(=Cc1ccc(C(CNS(=O)(=O)c2ccc(Cl)cc2)Cc2cccnc2)cc1)C(=O)O. The maximum absolute atomic E-state index is 12.7. The molecule has 1 atom stereocenters. The lowest BCUT2D eigenvalue weighted by Crippen LogP contribution is -2.29. The average molecular weight is 471 g/mol. The van der Waals surface area contributed by atoms with Crippen molar-refractivity contribution in [3.05, 3.63) is 100 Å². The number of carboxylic acid groups (broad SMARTS) is 1. The van der Waals surface area contributed by atoms with Crippen molar-refractivity contribution in [3.63, 3.8) is 0 Å². The minimum Gasteiger partial charge on any atom is -0.478 e. The first-order chi connectivity index (χ1) is 15.2. The molecule has 0 amide bonds. The summed E-state index contributed by atoms with van der Waals surface area (Å²) in [7, 11) is -3.71. The van der Waals surface area contributed by atoms with E-state index in [1.165, 1.54) is 31.2 Å². The minimum atomic E-state index is -3.71. The summed E-state index contributed by atoms with van der Waals surface area (Å²) >= 11 is 5.86. The lowest BCUT2D eigenvalue weighted by atomic mass is 9.92. The van der Waals surface area contributed by atoms with Crippen LogP contribution in [0.1, 0.15) is 29.5 Å². The number of aromatic nitrogens is 1. The van der Waals surface area contributed by atoms with E-state index in [-0.39, 0.29) is 22.9 Å². The van der Waals surface area contributed by atoms with Gasteiger partial charge in [0.1, 0.15) is 0 Å². The van der Waals surface area contributed by atoms with Crippen LogP contribution >= 0.6 is 11.6 Å². The van der Waals surface area contributed by atoms with Crippen molar-refractivity contribution in [2.45, 2.75) is 24.2 Å². The van der Waals surface area contributed by atoms with Gasteiger partial charge in [-0.05, 0) is 66.4 Å². The fraction of sp³-hybridized carbons (Fsp3) is 0.167. The molecule has 3 aromatic rings. The molecule has 0 aliphatic rings. The molecule has 0 saturated heterocycles. The largest absolute Gasteiger partial charge is 0.478 e. The van der Waals surface area contributed by atoms with Crippen molar-refractivity contribution >= 4 is 33.7 Å². The molecule has 0 aliphatic carbocycles. The van der Waals surface area contributed by atoms with E-state index in [9.17, 15) is 13.2 Å². The zero-order valence-electron chi connectivity index (χ0n) is 17.4. The van der Waals surface area contributed by atoms with Crippen molar-refractivity contribution in [1.82, 2.24) is 9.71 Å².